The van der Waals surface area contributed by atoms with Crippen LogP contribution in [0.1, 0.15) is 42.6 Å². The van der Waals surface area contributed by atoms with E-state index >= 15 is 0 Å². The molecule has 0 bridgehead atoms. The van der Waals surface area contributed by atoms with Gasteiger partial charge < -0.3 is 20.7 Å². The SMILES string of the molecule is CCC(CC)C(CNC(=NC)NCc1cccc(C(=O)NC)c1)N1CCOCC1.I. The quantitative estimate of drug-likeness (QED) is 0.259. The van der Waals surface area contributed by atoms with E-state index in [1.165, 1.54) is 12.8 Å². The van der Waals surface area contributed by atoms with Gasteiger partial charge in [0.15, 0.2) is 5.96 Å². The van der Waals surface area contributed by atoms with Crippen LogP contribution in [0.2, 0.25) is 0 Å². The van der Waals surface area contributed by atoms with Crippen LogP contribution in [0.3, 0.4) is 0 Å². The van der Waals surface area contributed by atoms with Crippen molar-refractivity contribution in [3.8, 4) is 0 Å². The van der Waals surface area contributed by atoms with Gasteiger partial charge in [0.25, 0.3) is 5.91 Å². The number of nitrogens with one attached hydrogen (secondary N) is 3. The molecule has 170 valence electrons. The van der Waals surface area contributed by atoms with E-state index in [2.05, 4.69) is 39.7 Å². The number of halogens is 1. The van der Waals surface area contributed by atoms with E-state index < -0.39 is 0 Å². The van der Waals surface area contributed by atoms with Crippen molar-refractivity contribution in [3.05, 3.63) is 35.4 Å². The lowest BCUT2D eigenvalue weighted by atomic mass is 9.92. The van der Waals surface area contributed by atoms with Crippen molar-refractivity contribution in [2.45, 2.75) is 39.3 Å². The second-order valence-electron chi connectivity index (χ2n) is 7.38. The number of morpholine rings is 1. The average Bonchev–Trinajstić information content (AvgIpc) is 2.78. The summed E-state index contributed by atoms with van der Waals surface area (Å²) in [5.41, 5.74) is 1.70. The Labute approximate surface area is 198 Å². The Bertz CT molecular complexity index is 661. The molecule has 2 rings (SSSR count). The number of carbonyl (C=O) groups excluding carboxylic acids is 1. The van der Waals surface area contributed by atoms with Gasteiger partial charge in [0, 0.05) is 51.9 Å². The second kappa shape index (κ2) is 14.6. The van der Waals surface area contributed by atoms with Crippen LogP contribution < -0.4 is 16.0 Å². The molecule has 1 aliphatic heterocycles. The molecule has 0 aromatic heterocycles. The molecule has 3 N–H and O–H groups in total. The zero-order chi connectivity index (χ0) is 21.1. The number of carbonyl (C=O) groups is 1. The van der Waals surface area contributed by atoms with E-state index in [1.54, 1.807) is 14.1 Å². The Morgan fingerprint density at radius 3 is 2.50 bits per heavy atom. The van der Waals surface area contributed by atoms with Crippen LogP contribution in [-0.4, -0.2) is 69.8 Å². The first-order valence-electron chi connectivity index (χ1n) is 10.7. The molecule has 8 heteroatoms. The number of guanidine groups is 1. The fourth-order valence-electron chi connectivity index (χ4n) is 3.91. The number of hydrogen-bond acceptors (Lipinski definition) is 4. The fourth-order valence-corrected chi connectivity index (χ4v) is 3.91. The molecule has 1 saturated heterocycles. The molecule has 30 heavy (non-hydrogen) atoms. The molecule has 0 aliphatic carbocycles. The highest BCUT2D eigenvalue weighted by atomic mass is 127. The third-order valence-corrected chi connectivity index (χ3v) is 5.69. The molecule has 0 radical (unpaired) electrons. The molecule has 1 aromatic rings. The van der Waals surface area contributed by atoms with Crippen LogP contribution in [0, 0.1) is 5.92 Å². The van der Waals surface area contributed by atoms with Crippen molar-refractivity contribution in [3.63, 3.8) is 0 Å². The first kappa shape index (κ1) is 26.6. The largest absolute Gasteiger partial charge is 0.379 e. The molecule has 0 spiro atoms. The van der Waals surface area contributed by atoms with Gasteiger partial charge in [-0.1, -0.05) is 38.8 Å². The zero-order valence-corrected chi connectivity index (χ0v) is 21.1. The van der Waals surface area contributed by atoms with E-state index in [-0.39, 0.29) is 29.9 Å². The monoisotopic (exact) mass is 531 g/mol. The lowest BCUT2D eigenvalue weighted by Gasteiger charge is -2.39. The lowest BCUT2D eigenvalue weighted by Crippen LogP contribution is -2.53. The molecule has 1 heterocycles. The van der Waals surface area contributed by atoms with E-state index in [9.17, 15) is 4.79 Å². The van der Waals surface area contributed by atoms with Gasteiger partial charge >= 0.3 is 0 Å². The van der Waals surface area contributed by atoms with Gasteiger partial charge in [0.05, 0.1) is 13.2 Å². The van der Waals surface area contributed by atoms with Crippen LogP contribution in [0.25, 0.3) is 0 Å². The molecular weight excluding hydrogens is 493 g/mol. The minimum Gasteiger partial charge on any atom is -0.379 e. The Balaban J connectivity index is 0.00000450. The number of rotatable bonds is 9. The van der Waals surface area contributed by atoms with Crippen LogP contribution in [0.15, 0.2) is 29.3 Å². The van der Waals surface area contributed by atoms with E-state index in [0.29, 0.717) is 24.1 Å². The Kier molecular flexibility index (Phi) is 13.0. The van der Waals surface area contributed by atoms with Crippen LogP contribution >= 0.6 is 24.0 Å². The number of amides is 1. The highest BCUT2D eigenvalue weighted by molar-refractivity contribution is 14.0. The molecule has 7 nitrogen and oxygen atoms in total. The molecule has 0 saturated carbocycles. The average molecular weight is 531 g/mol. The van der Waals surface area contributed by atoms with Gasteiger partial charge in [0.2, 0.25) is 0 Å². The Morgan fingerprint density at radius 2 is 1.90 bits per heavy atom. The third kappa shape index (κ3) is 8.03. The van der Waals surface area contributed by atoms with Crippen molar-refractivity contribution in [2.24, 2.45) is 10.9 Å². The highest BCUT2D eigenvalue weighted by Crippen LogP contribution is 2.19. The zero-order valence-electron chi connectivity index (χ0n) is 18.7. The number of ether oxygens (including phenoxy) is 1. The summed E-state index contributed by atoms with van der Waals surface area (Å²) in [7, 11) is 3.43. The Morgan fingerprint density at radius 1 is 1.20 bits per heavy atom. The summed E-state index contributed by atoms with van der Waals surface area (Å²) in [5, 5.41) is 9.54. The van der Waals surface area contributed by atoms with Gasteiger partial charge in [-0.05, 0) is 23.6 Å². The van der Waals surface area contributed by atoms with Gasteiger partial charge in [0.1, 0.15) is 0 Å². The van der Waals surface area contributed by atoms with Gasteiger partial charge in [-0.2, -0.15) is 0 Å². The minimum absolute atomic E-state index is 0. The van der Waals surface area contributed by atoms with E-state index in [4.69, 9.17) is 4.74 Å². The maximum atomic E-state index is 11.8. The molecule has 1 fully saturated rings. The maximum Gasteiger partial charge on any atom is 0.251 e. The molecule has 1 unspecified atom stereocenters. The predicted octanol–water partition coefficient (Wildman–Crippen LogP) is 2.47. The van der Waals surface area contributed by atoms with Gasteiger partial charge in [-0.25, -0.2) is 0 Å². The first-order chi connectivity index (χ1) is 14.1. The number of hydrogen-bond donors (Lipinski definition) is 3. The molecular formula is C22H38IN5O2. The molecule has 1 atom stereocenters. The fraction of sp³-hybridized carbons (Fsp3) is 0.636. The number of benzene rings is 1. The van der Waals surface area contributed by atoms with Crippen LogP contribution in [0.5, 0.6) is 0 Å². The molecule has 1 aliphatic rings. The van der Waals surface area contributed by atoms with Crippen molar-refractivity contribution >= 4 is 35.8 Å². The number of aliphatic imine (C=N–C) groups is 1. The van der Waals surface area contributed by atoms with Crippen LogP contribution in [-0.2, 0) is 11.3 Å². The molecule has 1 amide bonds. The standard InChI is InChI=1S/C22H37N5O2.HI/c1-5-18(6-2)20(27-10-12-29-13-11-27)16-26-22(24-4)25-15-17-8-7-9-19(14-17)21(28)23-3;/h7-9,14,18,20H,5-6,10-13,15-16H2,1-4H3,(H,23,28)(H2,24,25,26);1H. The van der Waals surface area contributed by atoms with E-state index in [1.807, 2.05) is 24.3 Å². The minimum atomic E-state index is -0.0760. The normalized spacial score (nSPS) is 16.0. The third-order valence-electron chi connectivity index (χ3n) is 5.69. The highest BCUT2D eigenvalue weighted by Gasteiger charge is 2.27. The Hall–Kier alpha value is -1.39. The lowest BCUT2D eigenvalue weighted by molar-refractivity contribution is 0.00272. The predicted molar refractivity (Wildman–Crippen MR) is 134 cm³/mol. The van der Waals surface area contributed by atoms with Crippen LogP contribution in [0.4, 0.5) is 0 Å². The summed E-state index contributed by atoms with van der Waals surface area (Å²) in [4.78, 5) is 18.8. The summed E-state index contributed by atoms with van der Waals surface area (Å²) in [6.07, 6.45) is 2.33. The maximum absolute atomic E-state index is 11.8. The van der Waals surface area contributed by atoms with Crippen molar-refractivity contribution < 1.29 is 9.53 Å². The topological polar surface area (TPSA) is 78.0 Å². The summed E-state index contributed by atoms with van der Waals surface area (Å²) < 4.78 is 5.54. The van der Waals surface area contributed by atoms with Crippen molar-refractivity contribution in [1.82, 2.24) is 20.9 Å². The van der Waals surface area contributed by atoms with Crippen molar-refractivity contribution in [1.29, 1.82) is 0 Å². The summed E-state index contributed by atoms with van der Waals surface area (Å²) in [6, 6.07) is 8.09. The smallest absolute Gasteiger partial charge is 0.251 e. The van der Waals surface area contributed by atoms with E-state index in [0.717, 1.165) is 44.4 Å². The van der Waals surface area contributed by atoms with Gasteiger partial charge in [-0.3, -0.25) is 14.7 Å². The van der Waals surface area contributed by atoms with Crippen molar-refractivity contribution in [2.75, 3.05) is 46.9 Å². The number of nitrogens with zero attached hydrogens (tertiary/aromatic N) is 2. The molecule has 1 aromatic carbocycles. The first-order valence-corrected chi connectivity index (χ1v) is 10.7. The summed E-state index contributed by atoms with van der Waals surface area (Å²) in [6.45, 7) is 9.60. The van der Waals surface area contributed by atoms with Gasteiger partial charge in [-0.15, -0.1) is 24.0 Å². The summed E-state index contributed by atoms with van der Waals surface area (Å²) in [5.74, 6) is 1.34. The second-order valence-corrected chi connectivity index (χ2v) is 7.38. The summed E-state index contributed by atoms with van der Waals surface area (Å²) >= 11 is 0.